The van der Waals surface area contributed by atoms with Gasteiger partial charge in [-0.25, -0.2) is 15.4 Å². The normalized spacial score (nSPS) is 13.9. The molecule has 8 heteroatoms. The molecule has 1 aliphatic heterocycles. The second-order valence-electron chi connectivity index (χ2n) is 6.20. The van der Waals surface area contributed by atoms with Gasteiger partial charge in [-0.15, -0.1) is 0 Å². The van der Waals surface area contributed by atoms with Crippen molar-refractivity contribution in [3.8, 4) is 5.75 Å². The number of ether oxygens (including phenoxy) is 1. The van der Waals surface area contributed by atoms with Crippen LogP contribution in [-0.4, -0.2) is 48.0 Å². The fourth-order valence-electron chi connectivity index (χ4n) is 2.70. The molecular formula is C19H23N5O2S. The van der Waals surface area contributed by atoms with Crippen LogP contribution in [0.15, 0.2) is 40.5 Å². The number of hydrogen-bond acceptors (Lipinski definition) is 7. The Labute approximate surface area is 163 Å². The summed E-state index contributed by atoms with van der Waals surface area (Å²) in [4.78, 5) is 23.3. The molecule has 1 amide bonds. The number of anilines is 1. The second kappa shape index (κ2) is 9.36. The van der Waals surface area contributed by atoms with Crippen molar-refractivity contribution in [2.75, 3.05) is 30.9 Å². The zero-order chi connectivity index (χ0) is 19.1. The average molecular weight is 385 g/mol. The van der Waals surface area contributed by atoms with Crippen LogP contribution in [0.2, 0.25) is 0 Å². The van der Waals surface area contributed by atoms with Gasteiger partial charge in [0.15, 0.2) is 0 Å². The van der Waals surface area contributed by atoms with Crippen LogP contribution < -0.4 is 15.1 Å². The summed E-state index contributed by atoms with van der Waals surface area (Å²) in [5.74, 6) is 1.60. The molecule has 0 radical (unpaired) electrons. The molecule has 1 fully saturated rings. The van der Waals surface area contributed by atoms with E-state index in [0.717, 1.165) is 41.1 Å². The number of nitrogens with zero attached hydrogens (tertiary/aromatic N) is 4. The number of carbonyl (C=O) groups is 1. The van der Waals surface area contributed by atoms with E-state index in [9.17, 15) is 4.79 Å². The first-order valence-corrected chi connectivity index (χ1v) is 9.82. The first kappa shape index (κ1) is 19.2. The maximum absolute atomic E-state index is 12.0. The Kier molecular flexibility index (Phi) is 6.64. The molecule has 142 valence electrons. The van der Waals surface area contributed by atoms with E-state index in [2.05, 4.69) is 25.4 Å². The molecule has 0 aliphatic carbocycles. The van der Waals surface area contributed by atoms with E-state index >= 15 is 0 Å². The standard InChI is InChI=1S/C19H23N5O2S/c1-14-11-18(22-19(21-14)24-9-3-4-10-24)27-13-17(25)23-20-12-15-5-7-16(26-2)8-6-15/h5-8,11-12H,3-4,9-10,13H2,1-2H3,(H,23,25). The molecular weight excluding hydrogens is 362 g/mol. The third kappa shape index (κ3) is 5.68. The predicted molar refractivity (Wildman–Crippen MR) is 108 cm³/mol. The van der Waals surface area contributed by atoms with E-state index in [1.807, 2.05) is 37.3 Å². The summed E-state index contributed by atoms with van der Waals surface area (Å²) in [6.45, 7) is 3.94. The Hall–Kier alpha value is -2.61. The van der Waals surface area contributed by atoms with E-state index in [1.165, 1.54) is 24.6 Å². The van der Waals surface area contributed by atoms with Crippen LogP contribution >= 0.6 is 11.8 Å². The number of benzene rings is 1. The van der Waals surface area contributed by atoms with Gasteiger partial charge in [0.05, 0.1) is 19.1 Å². The monoisotopic (exact) mass is 385 g/mol. The third-order valence-electron chi connectivity index (χ3n) is 4.08. The Morgan fingerprint density at radius 3 is 2.74 bits per heavy atom. The molecule has 0 bridgehead atoms. The van der Waals surface area contributed by atoms with Crippen molar-refractivity contribution in [3.05, 3.63) is 41.6 Å². The zero-order valence-corrected chi connectivity index (χ0v) is 16.3. The van der Waals surface area contributed by atoms with Crippen molar-refractivity contribution in [2.24, 2.45) is 5.10 Å². The maximum atomic E-state index is 12.0. The lowest BCUT2D eigenvalue weighted by molar-refractivity contribution is -0.118. The molecule has 1 aliphatic rings. The fraction of sp³-hybridized carbons (Fsp3) is 0.368. The first-order valence-electron chi connectivity index (χ1n) is 8.83. The Bertz CT molecular complexity index is 804. The Morgan fingerprint density at radius 1 is 1.30 bits per heavy atom. The number of aryl methyl sites for hydroxylation is 1. The second-order valence-corrected chi connectivity index (χ2v) is 7.19. The maximum Gasteiger partial charge on any atom is 0.250 e. The highest BCUT2D eigenvalue weighted by atomic mass is 32.2. The zero-order valence-electron chi connectivity index (χ0n) is 15.5. The van der Waals surface area contributed by atoms with Crippen molar-refractivity contribution in [2.45, 2.75) is 24.8 Å². The molecule has 0 saturated carbocycles. The van der Waals surface area contributed by atoms with E-state index in [-0.39, 0.29) is 11.7 Å². The van der Waals surface area contributed by atoms with Crippen LogP contribution in [0.1, 0.15) is 24.1 Å². The van der Waals surface area contributed by atoms with Crippen molar-refractivity contribution >= 4 is 29.8 Å². The van der Waals surface area contributed by atoms with Gasteiger partial charge >= 0.3 is 0 Å². The number of hydrazone groups is 1. The lowest BCUT2D eigenvalue weighted by Crippen LogP contribution is -2.21. The molecule has 2 aromatic rings. The van der Waals surface area contributed by atoms with E-state index in [4.69, 9.17) is 4.74 Å². The Balaban J connectivity index is 1.50. The summed E-state index contributed by atoms with van der Waals surface area (Å²) in [6.07, 6.45) is 3.95. The van der Waals surface area contributed by atoms with Gasteiger partial charge in [-0.2, -0.15) is 5.10 Å². The van der Waals surface area contributed by atoms with Gasteiger partial charge in [-0.05, 0) is 55.7 Å². The summed E-state index contributed by atoms with van der Waals surface area (Å²) in [5, 5.41) is 4.79. The van der Waals surface area contributed by atoms with Crippen LogP contribution in [0.25, 0.3) is 0 Å². The summed E-state index contributed by atoms with van der Waals surface area (Å²) >= 11 is 1.39. The average Bonchev–Trinajstić information content (AvgIpc) is 3.21. The molecule has 2 heterocycles. The molecule has 1 saturated heterocycles. The van der Waals surface area contributed by atoms with Crippen LogP contribution in [0, 0.1) is 6.92 Å². The van der Waals surface area contributed by atoms with Gasteiger partial charge in [0.2, 0.25) is 11.9 Å². The van der Waals surface area contributed by atoms with Crippen LogP contribution in [0.4, 0.5) is 5.95 Å². The van der Waals surface area contributed by atoms with Crippen LogP contribution in [0.5, 0.6) is 5.75 Å². The topological polar surface area (TPSA) is 79.7 Å². The number of amides is 1. The largest absolute Gasteiger partial charge is 0.497 e. The minimum Gasteiger partial charge on any atom is -0.497 e. The molecule has 1 aromatic heterocycles. The van der Waals surface area contributed by atoms with Crippen molar-refractivity contribution in [1.29, 1.82) is 0 Å². The van der Waals surface area contributed by atoms with Crippen molar-refractivity contribution in [3.63, 3.8) is 0 Å². The number of aromatic nitrogens is 2. The first-order chi connectivity index (χ1) is 13.1. The highest BCUT2D eigenvalue weighted by Crippen LogP contribution is 2.22. The number of carbonyl (C=O) groups excluding carboxylic acids is 1. The third-order valence-corrected chi connectivity index (χ3v) is 4.99. The SMILES string of the molecule is COc1ccc(C=NNC(=O)CSc2cc(C)nc(N3CCCC3)n2)cc1. The van der Waals surface area contributed by atoms with Gasteiger partial charge in [-0.1, -0.05) is 11.8 Å². The minimum absolute atomic E-state index is 0.177. The Morgan fingerprint density at radius 2 is 2.04 bits per heavy atom. The molecule has 0 atom stereocenters. The van der Waals surface area contributed by atoms with Crippen LogP contribution in [0.3, 0.4) is 0 Å². The summed E-state index contributed by atoms with van der Waals surface area (Å²) in [5.41, 5.74) is 4.33. The number of methoxy groups -OCH3 is 1. The summed E-state index contributed by atoms with van der Waals surface area (Å²) < 4.78 is 5.10. The van der Waals surface area contributed by atoms with Gasteiger partial charge in [0.1, 0.15) is 10.8 Å². The molecule has 1 N–H and O–H groups in total. The molecule has 0 spiro atoms. The van der Waals surface area contributed by atoms with E-state index in [0.29, 0.717) is 0 Å². The fourth-order valence-corrected chi connectivity index (χ4v) is 3.44. The highest BCUT2D eigenvalue weighted by Gasteiger charge is 2.16. The van der Waals surface area contributed by atoms with Gasteiger partial charge in [-0.3, -0.25) is 4.79 Å². The number of hydrogen-bond donors (Lipinski definition) is 1. The van der Waals surface area contributed by atoms with E-state index < -0.39 is 0 Å². The molecule has 27 heavy (non-hydrogen) atoms. The lowest BCUT2D eigenvalue weighted by atomic mass is 10.2. The molecule has 3 rings (SSSR count). The lowest BCUT2D eigenvalue weighted by Gasteiger charge is -2.16. The van der Waals surface area contributed by atoms with E-state index in [1.54, 1.807) is 13.3 Å². The van der Waals surface area contributed by atoms with Crippen molar-refractivity contribution in [1.82, 2.24) is 15.4 Å². The quantitative estimate of drug-likeness (QED) is 0.342. The molecule has 0 unspecified atom stereocenters. The minimum atomic E-state index is -0.177. The summed E-state index contributed by atoms with van der Waals surface area (Å²) in [7, 11) is 1.62. The van der Waals surface area contributed by atoms with Gasteiger partial charge in [0.25, 0.3) is 0 Å². The number of nitrogens with one attached hydrogen (secondary N) is 1. The highest BCUT2D eigenvalue weighted by molar-refractivity contribution is 7.99. The van der Waals surface area contributed by atoms with Gasteiger partial charge < -0.3 is 9.64 Å². The predicted octanol–water partition coefficient (Wildman–Crippen LogP) is 2.64. The number of rotatable bonds is 7. The molecule has 1 aromatic carbocycles. The van der Waals surface area contributed by atoms with Gasteiger partial charge in [0, 0.05) is 18.8 Å². The molecule has 7 nitrogen and oxygen atoms in total. The van der Waals surface area contributed by atoms with Crippen LogP contribution in [-0.2, 0) is 4.79 Å². The summed E-state index contributed by atoms with van der Waals surface area (Å²) in [6, 6.07) is 9.32. The smallest absolute Gasteiger partial charge is 0.250 e. The number of thioether (sulfide) groups is 1. The van der Waals surface area contributed by atoms with Crippen molar-refractivity contribution < 1.29 is 9.53 Å².